The van der Waals surface area contributed by atoms with Crippen molar-refractivity contribution < 1.29 is 0 Å². The second-order valence-electron chi connectivity index (χ2n) is 7.35. The Kier molecular flexibility index (Phi) is 3.28. The van der Waals surface area contributed by atoms with E-state index in [4.69, 9.17) is 0 Å². The van der Waals surface area contributed by atoms with Gasteiger partial charge < -0.3 is 5.32 Å². The third-order valence-corrected chi connectivity index (χ3v) is 5.38. The van der Waals surface area contributed by atoms with Crippen LogP contribution in [0.2, 0.25) is 0 Å². The zero-order valence-electron chi connectivity index (χ0n) is 14.8. The Balaban J connectivity index is 1.75. The monoisotopic (exact) mass is 313 g/mol. The van der Waals surface area contributed by atoms with E-state index < -0.39 is 0 Å². The second kappa shape index (κ2) is 5.24. The fraction of sp³-hybridized carbons (Fsp3) is 0.217. The summed E-state index contributed by atoms with van der Waals surface area (Å²) < 4.78 is 0. The Morgan fingerprint density at radius 2 is 1.33 bits per heavy atom. The van der Waals surface area contributed by atoms with Crippen LogP contribution >= 0.6 is 0 Å². The molecule has 0 unspecified atom stereocenters. The van der Waals surface area contributed by atoms with Crippen LogP contribution in [0.3, 0.4) is 0 Å². The molecule has 120 valence electrons. The fourth-order valence-corrected chi connectivity index (χ4v) is 3.77. The van der Waals surface area contributed by atoms with E-state index in [1.54, 1.807) is 0 Å². The van der Waals surface area contributed by atoms with Crippen molar-refractivity contribution in [2.45, 2.75) is 33.1 Å². The molecule has 0 bridgehead atoms. The molecule has 1 aliphatic carbocycles. The molecule has 0 heterocycles. The van der Waals surface area contributed by atoms with Crippen LogP contribution in [0.5, 0.6) is 0 Å². The zero-order chi connectivity index (χ0) is 16.9. The third kappa shape index (κ3) is 2.24. The molecule has 1 N–H and O–H groups in total. The van der Waals surface area contributed by atoms with Crippen LogP contribution in [0.15, 0.2) is 60.7 Å². The van der Waals surface area contributed by atoms with Gasteiger partial charge >= 0.3 is 0 Å². The smallest absolute Gasteiger partial charge is 0.0387 e. The molecule has 0 fully saturated rings. The first-order valence-electron chi connectivity index (χ1n) is 8.55. The van der Waals surface area contributed by atoms with Gasteiger partial charge in [0.25, 0.3) is 0 Å². The molecule has 0 radical (unpaired) electrons. The molecule has 1 nitrogen and oxygen atoms in total. The number of rotatable bonds is 2. The summed E-state index contributed by atoms with van der Waals surface area (Å²) in [6.45, 7) is 8.94. The van der Waals surface area contributed by atoms with E-state index in [-0.39, 0.29) is 5.41 Å². The minimum atomic E-state index is 0.0484. The van der Waals surface area contributed by atoms with Crippen LogP contribution in [-0.4, -0.2) is 0 Å². The lowest BCUT2D eigenvalue weighted by Gasteiger charge is -2.22. The van der Waals surface area contributed by atoms with Gasteiger partial charge in [-0.05, 0) is 71.5 Å². The summed E-state index contributed by atoms with van der Waals surface area (Å²) >= 11 is 0. The van der Waals surface area contributed by atoms with Crippen molar-refractivity contribution in [3.05, 3.63) is 82.9 Å². The normalized spacial score (nSPS) is 14.2. The van der Waals surface area contributed by atoms with Crippen LogP contribution in [0, 0.1) is 13.8 Å². The van der Waals surface area contributed by atoms with Gasteiger partial charge in [-0.3, -0.25) is 0 Å². The van der Waals surface area contributed by atoms with Gasteiger partial charge in [-0.1, -0.05) is 50.2 Å². The van der Waals surface area contributed by atoms with E-state index in [1.807, 2.05) is 0 Å². The average Bonchev–Trinajstić information content (AvgIpc) is 2.80. The standard InChI is InChI=1S/C23H23N/c1-15-9-10-17(13-16(15)2)24-18-11-12-20-19-7-5-6-8-21(19)23(3,4)22(20)14-18/h5-14,24H,1-4H3. The Bertz CT molecular complexity index is 935. The summed E-state index contributed by atoms with van der Waals surface area (Å²) in [5.41, 5.74) is 10.5. The van der Waals surface area contributed by atoms with Crippen LogP contribution < -0.4 is 5.32 Å². The minimum Gasteiger partial charge on any atom is -0.356 e. The van der Waals surface area contributed by atoms with Crippen molar-refractivity contribution >= 4 is 11.4 Å². The van der Waals surface area contributed by atoms with E-state index in [2.05, 4.69) is 93.7 Å². The van der Waals surface area contributed by atoms with Gasteiger partial charge in [0.2, 0.25) is 0 Å². The first-order valence-corrected chi connectivity index (χ1v) is 8.55. The van der Waals surface area contributed by atoms with Crippen LogP contribution in [0.4, 0.5) is 11.4 Å². The lowest BCUT2D eigenvalue weighted by molar-refractivity contribution is 0.660. The Hall–Kier alpha value is -2.54. The summed E-state index contributed by atoms with van der Waals surface area (Å²) in [4.78, 5) is 0. The van der Waals surface area contributed by atoms with Gasteiger partial charge in [0.15, 0.2) is 0 Å². The van der Waals surface area contributed by atoms with Crippen molar-refractivity contribution in [2.75, 3.05) is 5.32 Å². The predicted molar refractivity (Wildman–Crippen MR) is 103 cm³/mol. The maximum absolute atomic E-state index is 3.57. The van der Waals surface area contributed by atoms with Gasteiger partial charge in [0.05, 0.1) is 0 Å². The summed E-state index contributed by atoms with van der Waals surface area (Å²) in [6.07, 6.45) is 0. The molecule has 3 aromatic carbocycles. The molecule has 24 heavy (non-hydrogen) atoms. The van der Waals surface area contributed by atoms with Crippen LogP contribution in [-0.2, 0) is 5.41 Å². The molecular formula is C23H23N. The average molecular weight is 313 g/mol. The predicted octanol–water partition coefficient (Wildman–Crippen LogP) is 6.35. The number of fused-ring (bicyclic) bond motifs is 3. The molecule has 4 rings (SSSR count). The summed E-state index contributed by atoms with van der Waals surface area (Å²) in [5, 5.41) is 3.57. The molecule has 0 saturated carbocycles. The molecular weight excluding hydrogens is 290 g/mol. The molecule has 1 heteroatoms. The maximum atomic E-state index is 3.57. The van der Waals surface area contributed by atoms with E-state index in [0.717, 1.165) is 11.4 Å². The first kappa shape index (κ1) is 15.0. The maximum Gasteiger partial charge on any atom is 0.0387 e. The van der Waals surface area contributed by atoms with Crippen molar-refractivity contribution in [3.8, 4) is 11.1 Å². The van der Waals surface area contributed by atoms with Gasteiger partial charge in [0.1, 0.15) is 0 Å². The fourth-order valence-electron chi connectivity index (χ4n) is 3.77. The summed E-state index contributed by atoms with van der Waals surface area (Å²) in [7, 11) is 0. The molecule has 0 atom stereocenters. The first-order chi connectivity index (χ1) is 11.5. The van der Waals surface area contributed by atoms with E-state index in [9.17, 15) is 0 Å². The van der Waals surface area contributed by atoms with E-state index >= 15 is 0 Å². The molecule has 0 aromatic heterocycles. The van der Waals surface area contributed by atoms with E-state index in [1.165, 1.54) is 33.4 Å². The lowest BCUT2D eigenvalue weighted by atomic mass is 9.82. The van der Waals surface area contributed by atoms with Crippen LogP contribution in [0.1, 0.15) is 36.1 Å². The second-order valence-corrected chi connectivity index (χ2v) is 7.35. The highest BCUT2D eigenvalue weighted by Crippen LogP contribution is 2.49. The van der Waals surface area contributed by atoms with Gasteiger partial charge in [-0.15, -0.1) is 0 Å². The van der Waals surface area contributed by atoms with Gasteiger partial charge in [-0.2, -0.15) is 0 Å². The van der Waals surface area contributed by atoms with Crippen molar-refractivity contribution in [1.29, 1.82) is 0 Å². The SMILES string of the molecule is Cc1ccc(Nc2ccc3c(c2)C(C)(C)c2ccccc2-3)cc1C. The van der Waals surface area contributed by atoms with Crippen molar-refractivity contribution in [1.82, 2.24) is 0 Å². The number of aryl methyl sites for hydroxylation is 2. The Labute approximate surface area is 144 Å². The number of benzene rings is 3. The highest BCUT2D eigenvalue weighted by molar-refractivity contribution is 5.82. The molecule has 3 aromatic rings. The van der Waals surface area contributed by atoms with E-state index in [0.29, 0.717) is 0 Å². The molecule has 0 aliphatic heterocycles. The minimum absolute atomic E-state index is 0.0484. The lowest BCUT2D eigenvalue weighted by Crippen LogP contribution is -2.15. The van der Waals surface area contributed by atoms with Gasteiger partial charge in [-0.25, -0.2) is 0 Å². The summed E-state index contributed by atoms with van der Waals surface area (Å²) in [6, 6.07) is 22.0. The largest absolute Gasteiger partial charge is 0.356 e. The summed E-state index contributed by atoms with van der Waals surface area (Å²) in [5.74, 6) is 0. The number of anilines is 2. The molecule has 0 saturated heterocycles. The molecule has 0 spiro atoms. The molecule has 1 aliphatic rings. The van der Waals surface area contributed by atoms with Crippen molar-refractivity contribution in [2.24, 2.45) is 0 Å². The number of nitrogens with one attached hydrogen (secondary N) is 1. The van der Waals surface area contributed by atoms with Crippen molar-refractivity contribution in [3.63, 3.8) is 0 Å². The molecule has 0 amide bonds. The topological polar surface area (TPSA) is 12.0 Å². The number of hydrogen-bond acceptors (Lipinski definition) is 1. The Morgan fingerprint density at radius 3 is 2.12 bits per heavy atom. The highest BCUT2D eigenvalue weighted by Gasteiger charge is 2.35. The number of hydrogen-bond donors (Lipinski definition) is 1. The highest BCUT2D eigenvalue weighted by atomic mass is 14.9. The quantitative estimate of drug-likeness (QED) is 0.581. The zero-order valence-corrected chi connectivity index (χ0v) is 14.8. The third-order valence-electron chi connectivity index (χ3n) is 5.38. The Morgan fingerprint density at radius 1 is 0.667 bits per heavy atom. The van der Waals surface area contributed by atoms with Crippen LogP contribution in [0.25, 0.3) is 11.1 Å². The van der Waals surface area contributed by atoms with Gasteiger partial charge in [0, 0.05) is 16.8 Å².